The van der Waals surface area contributed by atoms with Crippen molar-refractivity contribution in [1.82, 2.24) is 10.6 Å². The highest BCUT2D eigenvalue weighted by Crippen LogP contribution is 2.19. The first-order chi connectivity index (χ1) is 15.4. The number of benzene rings is 2. The van der Waals surface area contributed by atoms with Gasteiger partial charge >= 0.3 is 0 Å². The molecule has 3 rings (SSSR count). The number of para-hydroxylation sites is 1. The zero-order valence-corrected chi connectivity index (χ0v) is 19.2. The van der Waals surface area contributed by atoms with Gasteiger partial charge < -0.3 is 20.1 Å². The molecule has 170 valence electrons. The highest BCUT2D eigenvalue weighted by atomic mass is 32.1. The van der Waals surface area contributed by atoms with Crippen molar-refractivity contribution < 1.29 is 19.1 Å². The van der Waals surface area contributed by atoms with Crippen LogP contribution in [0.25, 0.3) is 0 Å². The molecule has 1 fully saturated rings. The van der Waals surface area contributed by atoms with E-state index >= 15 is 0 Å². The van der Waals surface area contributed by atoms with Crippen LogP contribution in [0.3, 0.4) is 0 Å². The van der Waals surface area contributed by atoms with Crippen molar-refractivity contribution >= 4 is 34.8 Å². The number of thiocarbonyl (C=S) groups is 1. The fourth-order valence-electron chi connectivity index (χ4n) is 3.22. The molecule has 1 aliphatic heterocycles. The number of rotatable bonds is 8. The highest BCUT2D eigenvalue weighted by Gasteiger charge is 2.17. The Balaban J connectivity index is 1.56. The van der Waals surface area contributed by atoms with Crippen LogP contribution in [0, 0.1) is 5.92 Å². The summed E-state index contributed by atoms with van der Waals surface area (Å²) < 4.78 is 11.3. The quantitative estimate of drug-likeness (QED) is 0.526. The molecule has 0 aromatic heterocycles. The second-order valence-electron chi connectivity index (χ2n) is 8.04. The molecule has 1 atom stereocenters. The summed E-state index contributed by atoms with van der Waals surface area (Å²) in [5.41, 5.74) is 1.50. The van der Waals surface area contributed by atoms with Crippen molar-refractivity contribution in [3.05, 3.63) is 59.7 Å². The molecule has 7 nitrogen and oxygen atoms in total. The summed E-state index contributed by atoms with van der Waals surface area (Å²) in [6.45, 7) is 5.83. The number of anilines is 1. The fraction of sp³-hybridized carbons (Fsp3) is 0.375. The lowest BCUT2D eigenvalue weighted by Crippen LogP contribution is -2.34. The minimum atomic E-state index is -0.368. The van der Waals surface area contributed by atoms with Crippen molar-refractivity contribution in [1.29, 1.82) is 0 Å². The lowest BCUT2D eigenvalue weighted by molar-refractivity contribution is 0.0857. The molecular formula is C24H29N3O4S. The highest BCUT2D eigenvalue weighted by molar-refractivity contribution is 7.80. The Hall–Kier alpha value is -2.97. The van der Waals surface area contributed by atoms with Crippen LogP contribution < -0.4 is 20.7 Å². The first-order valence-electron chi connectivity index (χ1n) is 10.8. The van der Waals surface area contributed by atoms with Crippen molar-refractivity contribution in [2.75, 3.05) is 25.1 Å². The summed E-state index contributed by atoms with van der Waals surface area (Å²) >= 11 is 5.29. The zero-order chi connectivity index (χ0) is 22.9. The van der Waals surface area contributed by atoms with E-state index in [0.29, 0.717) is 41.6 Å². The Morgan fingerprint density at radius 3 is 2.72 bits per heavy atom. The van der Waals surface area contributed by atoms with E-state index in [1.807, 2.05) is 19.9 Å². The SMILES string of the molecule is CC(C)COc1ccccc1C(=O)NC(=S)Nc1cccc(C(=O)NCC2CCCO2)c1. The van der Waals surface area contributed by atoms with Gasteiger partial charge in [-0.15, -0.1) is 0 Å². The van der Waals surface area contributed by atoms with Gasteiger partial charge in [0.05, 0.1) is 18.3 Å². The average molecular weight is 456 g/mol. The van der Waals surface area contributed by atoms with E-state index in [9.17, 15) is 9.59 Å². The molecule has 1 saturated heterocycles. The van der Waals surface area contributed by atoms with Crippen LogP contribution >= 0.6 is 12.2 Å². The van der Waals surface area contributed by atoms with Crippen LogP contribution in [0.15, 0.2) is 48.5 Å². The van der Waals surface area contributed by atoms with Crippen LogP contribution in [-0.2, 0) is 4.74 Å². The van der Waals surface area contributed by atoms with Crippen molar-refractivity contribution in [3.63, 3.8) is 0 Å². The van der Waals surface area contributed by atoms with Crippen LogP contribution in [0.1, 0.15) is 47.4 Å². The van der Waals surface area contributed by atoms with Gasteiger partial charge in [0.2, 0.25) is 0 Å². The van der Waals surface area contributed by atoms with Gasteiger partial charge in [-0.1, -0.05) is 32.0 Å². The third-order valence-corrected chi connectivity index (χ3v) is 5.03. The van der Waals surface area contributed by atoms with E-state index in [2.05, 4.69) is 16.0 Å². The Labute approximate surface area is 193 Å². The number of hydrogen-bond donors (Lipinski definition) is 3. The minimum Gasteiger partial charge on any atom is -0.492 e. The third kappa shape index (κ3) is 7.03. The summed E-state index contributed by atoms with van der Waals surface area (Å²) in [6.07, 6.45) is 2.06. The maximum absolute atomic E-state index is 12.7. The van der Waals surface area contributed by atoms with E-state index in [1.165, 1.54) is 0 Å². The molecular weight excluding hydrogens is 426 g/mol. The average Bonchev–Trinajstić information content (AvgIpc) is 3.30. The summed E-state index contributed by atoms with van der Waals surface area (Å²) in [5, 5.41) is 8.65. The van der Waals surface area contributed by atoms with Gasteiger partial charge in [-0.25, -0.2) is 0 Å². The number of carbonyl (C=O) groups excluding carboxylic acids is 2. The number of nitrogens with one attached hydrogen (secondary N) is 3. The molecule has 32 heavy (non-hydrogen) atoms. The molecule has 1 unspecified atom stereocenters. The van der Waals surface area contributed by atoms with Gasteiger partial charge in [-0.2, -0.15) is 0 Å². The Morgan fingerprint density at radius 2 is 1.97 bits per heavy atom. The molecule has 2 aromatic rings. The van der Waals surface area contributed by atoms with E-state index in [0.717, 1.165) is 19.4 Å². The molecule has 0 bridgehead atoms. The molecule has 1 heterocycles. The predicted molar refractivity (Wildman–Crippen MR) is 128 cm³/mol. The van der Waals surface area contributed by atoms with Gasteiger partial charge in [0.1, 0.15) is 5.75 Å². The number of hydrogen-bond acceptors (Lipinski definition) is 5. The van der Waals surface area contributed by atoms with Crippen molar-refractivity contribution in [2.45, 2.75) is 32.8 Å². The van der Waals surface area contributed by atoms with E-state index in [1.54, 1.807) is 42.5 Å². The minimum absolute atomic E-state index is 0.0791. The zero-order valence-electron chi connectivity index (χ0n) is 18.4. The summed E-state index contributed by atoms with van der Waals surface area (Å²) in [6, 6.07) is 14.0. The van der Waals surface area contributed by atoms with Gasteiger partial charge in [0.25, 0.3) is 11.8 Å². The van der Waals surface area contributed by atoms with Gasteiger partial charge in [-0.3, -0.25) is 14.9 Å². The monoisotopic (exact) mass is 455 g/mol. The number of amides is 2. The Kier molecular flexibility index (Phi) is 8.58. The van der Waals surface area contributed by atoms with Gasteiger partial charge in [-0.05, 0) is 61.3 Å². The molecule has 3 N–H and O–H groups in total. The van der Waals surface area contributed by atoms with Crippen molar-refractivity contribution in [2.24, 2.45) is 5.92 Å². The molecule has 0 radical (unpaired) electrons. The maximum atomic E-state index is 12.7. The van der Waals surface area contributed by atoms with Crippen LogP contribution in [0.4, 0.5) is 5.69 Å². The molecule has 0 spiro atoms. The third-order valence-electron chi connectivity index (χ3n) is 4.83. The first-order valence-corrected chi connectivity index (χ1v) is 11.2. The second-order valence-corrected chi connectivity index (χ2v) is 8.44. The van der Waals surface area contributed by atoms with Crippen LogP contribution in [-0.4, -0.2) is 42.8 Å². The van der Waals surface area contributed by atoms with Crippen LogP contribution in [0.5, 0.6) is 5.75 Å². The smallest absolute Gasteiger partial charge is 0.261 e. The summed E-state index contributed by atoms with van der Waals surface area (Å²) in [5.74, 6) is 0.290. The van der Waals surface area contributed by atoms with E-state index in [4.69, 9.17) is 21.7 Å². The number of carbonyl (C=O) groups is 2. The largest absolute Gasteiger partial charge is 0.492 e. The van der Waals surface area contributed by atoms with Crippen molar-refractivity contribution in [3.8, 4) is 5.75 Å². The summed E-state index contributed by atoms with van der Waals surface area (Å²) in [7, 11) is 0. The molecule has 2 amide bonds. The van der Waals surface area contributed by atoms with Crippen LogP contribution in [0.2, 0.25) is 0 Å². The summed E-state index contributed by atoms with van der Waals surface area (Å²) in [4.78, 5) is 25.1. The van der Waals surface area contributed by atoms with Gasteiger partial charge in [0.15, 0.2) is 5.11 Å². The molecule has 1 aliphatic rings. The number of ether oxygens (including phenoxy) is 2. The van der Waals surface area contributed by atoms with E-state index in [-0.39, 0.29) is 23.0 Å². The normalized spacial score (nSPS) is 15.3. The molecule has 0 saturated carbocycles. The standard InChI is InChI=1S/C24H29N3O4S/c1-16(2)15-31-21-11-4-3-10-20(21)23(29)27-24(32)26-18-8-5-7-17(13-18)22(28)25-14-19-9-6-12-30-19/h3-5,7-8,10-11,13,16,19H,6,9,12,14-15H2,1-2H3,(H,25,28)(H2,26,27,29,32). The molecule has 8 heteroatoms. The molecule has 0 aliphatic carbocycles. The second kappa shape index (κ2) is 11.6. The lowest BCUT2D eigenvalue weighted by Gasteiger charge is -2.14. The topological polar surface area (TPSA) is 88.7 Å². The molecule has 2 aromatic carbocycles. The first kappa shape index (κ1) is 23.7. The van der Waals surface area contributed by atoms with E-state index < -0.39 is 0 Å². The Morgan fingerprint density at radius 1 is 1.16 bits per heavy atom. The predicted octanol–water partition coefficient (Wildman–Crippen LogP) is 3.76. The Bertz CT molecular complexity index is 958. The van der Waals surface area contributed by atoms with Gasteiger partial charge in [0, 0.05) is 24.4 Å². The fourth-order valence-corrected chi connectivity index (χ4v) is 3.43. The maximum Gasteiger partial charge on any atom is 0.261 e. The lowest BCUT2D eigenvalue weighted by atomic mass is 10.1.